The molecule has 1 aromatic heterocycles. The number of carbonyl (C=O) groups excluding carboxylic acids is 1. The molecule has 3 rings (SSSR count). The van der Waals surface area contributed by atoms with Gasteiger partial charge in [0.15, 0.2) is 16.3 Å². The third kappa shape index (κ3) is 4.18. The molecule has 0 unspecified atom stereocenters. The molecular weight excluding hydrogens is 396 g/mol. The number of amides is 1. The molecule has 0 aliphatic carbocycles. The first-order chi connectivity index (χ1) is 13.6. The minimum Gasteiger partial charge on any atom is -0.497 e. The molecule has 0 saturated carbocycles. The van der Waals surface area contributed by atoms with Gasteiger partial charge in [-0.15, -0.1) is 0 Å². The molecule has 6 nitrogen and oxygen atoms in total. The van der Waals surface area contributed by atoms with Crippen LogP contribution in [0.1, 0.15) is 10.4 Å². The number of benzene rings is 2. The maximum atomic E-state index is 12.7. The summed E-state index contributed by atoms with van der Waals surface area (Å²) in [6.07, 6.45) is 2.05. The van der Waals surface area contributed by atoms with Gasteiger partial charge in [-0.3, -0.25) is 4.79 Å². The zero-order valence-electron chi connectivity index (χ0n) is 16.2. The summed E-state index contributed by atoms with van der Waals surface area (Å²) >= 11 is 3.20. The van der Waals surface area contributed by atoms with Gasteiger partial charge in [-0.05, 0) is 24.5 Å². The zero-order chi connectivity index (χ0) is 20.1. The molecule has 0 aliphatic rings. The van der Waals surface area contributed by atoms with Gasteiger partial charge in [-0.25, -0.2) is 0 Å². The molecule has 0 fully saturated rings. The molecule has 0 atom stereocenters. The predicted octanol–water partition coefficient (Wildman–Crippen LogP) is 3.83. The molecule has 8 heteroatoms. The highest BCUT2D eigenvalue weighted by atomic mass is 32.2. The van der Waals surface area contributed by atoms with Gasteiger partial charge in [0, 0.05) is 30.0 Å². The van der Waals surface area contributed by atoms with E-state index in [0.717, 1.165) is 22.5 Å². The summed E-state index contributed by atoms with van der Waals surface area (Å²) < 4.78 is 19.1. The lowest BCUT2D eigenvalue weighted by Gasteiger charge is -2.09. The number of methoxy groups -OCH3 is 3. The van der Waals surface area contributed by atoms with Crippen molar-refractivity contribution >= 4 is 39.2 Å². The summed E-state index contributed by atoms with van der Waals surface area (Å²) in [7, 11) is 4.79. The third-order valence-corrected chi connectivity index (χ3v) is 5.85. The molecule has 0 aliphatic heterocycles. The first kappa shape index (κ1) is 20.3. The molecule has 28 heavy (non-hydrogen) atoms. The lowest BCUT2D eigenvalue weighted by Crippen LogP contribution is -2.18. The first-order valence-corrected chi connectivity index (χ1v) is 10.8. The Labute approximate surface area is 171 Å². The second-order valence-corrected chi connectivity index (χ2v) is 7.85. The second kappa shape index (κ2) is 9.16. The number of nitrogens with zero attached hydrogens (tertiary/aromatic N) is 2. The normalized spacial score (nSPS) is 11.6. The number of rotatable bonds is 7. The Morgan fingerprint density at radius 1 is 1.11 bits per heavy atom. The lowest BCUT2D eigenvalue weighted by atomic mass is 10.2. The van der Waals surface area contributed by atoms with Gasteiger partial charge < -0.3 is 18.8 Å². The van der Waals surface area contributed by atoms with E-state index in [1.54, 1.807) is 57.4 Å². The van der Waals surface area contributed by atoms with Crippen molar-refractivity contribution < 1.29 is 19.0 Å². The number of ether oxygens (including phenoxy) is 3. The number of fused-ring (bicyclic) bond motifs is 1. The van der Waals surface area contributed by atoms with Gasteiger partial charge in [0.05, 0.1) is 31.5 Å². The number of hydrogen-bond acceptors (Lipinski definition) is 6. The highest BCUT2D eigenvalue weighted by Gasteiger charge is 2.14. The molecule has 0 N–H and O–H groups in total. The van der Waals surface area contributed by atoms with E-state index in [1.165, 1.54) is 11.3 Å². The number of aromatic nitrogens is 1. The number of hydrogen-bond donors (Lipinski definition) is 0. The smallest absolute Gasteiger partial charge is 0.279 e. The van der Waals surface area contributed by atoms with Crippen molar-refractivity contribution in [3.05, 3.63) is 46.8 Å². The van der Waals surface area contributed by atoms with E-state index in [1.807, 2.05) is 12.1 Å². The molecule has 148 valence electrons. The van der Waals surface area contributed by atoms with E-state index in [0.29, 0.717) is 27.6 Å². The highest BCUT2D eigenvalue weighted by Crippen LogP contribution is 2.33. The van der Waals surface area contributed by atoms with Crippen LogP contribution in [0.2, 0.25) is 0 Å². The summed E-state index contributed by atoms with van der Waals surface area (Å²) in [5, 5.41) is 0. The van der Waals surface area contributed by atoms with Crippen molar-refractivity contribution in [3.63, 3.8) is 0 Å². The molecule has 0 radical (unpaired) electrons. The van der Waals surface area contributed by atoms with E-state index < -0.39 is 0 Å². The number of carbonyl (C=O) groups is 1. The fourth-order valence-corrected chi connectivity index (χ4v) is 4.22. The standard InChI is InChI=1S/C20H22N2O4S2/c1-24-14-7-5-6-13(10-14)19(23)21-20-22(8-9-27-4)15-11-16(25-2)17(26-3)12-18(15)28-20/h5-7,10-12H,8-9H2,1-4H3. The molecule has 0 bridgehead atoms. The SMILES string of the molecule is COc1cccc(C(=O)N=c2sc3cc(OC)c(OC)cc3n2CCSC)c1. The van der Waals surface area contributed by atoms with Crippen LogP contribution in [0.5, 0.6) is 17.2 Å². The van der Waals surface area contributed by atoms with Gasteiger partial charge in [-0.2, -0.15) is 16.8 Å². The van der Waals surface area contributed by atoms with Crippen molar-refractivity contribution in [1.82, 2.24) is 4.57 Å². The predicted molar refractivity (Wildman–Crippen MR) is 114 cm³/mol. The quantitative estimate of drug-likeness (QED) is 0.584. The largest absolute Gasteiger partial charge is 0.497 e. The van der Waals surface area contributed by atoms with Crippen molar-refractivity contribution in [2.45, 2.75) is 6.54 Å². The van der Waals surface area contributed by atoms with Crippen LogP contribution in [0.4, 0.5) is 0 Å². The highest BCUT2D eigenvalue weighted by molar-refractivity contribution is 7.98. The molecule has 3 aromatic rings. The average Bonchev–Trinajstić information content (AvgIpc) is 3.06. The van der Waals surface area contributed by atoms with E-state index >= 15 is 0 Å². The molecule has 1 heterocycles. The Balaban J connectivity index is 2.14. The minimum atomic E-state index is -0.303. The number of thiazole rings is 1. The Morgan fingerprint density at radius 2 is 1.86 bits per heavy atom. The minimum absolute atomic E-state index is 0.303. The van der Waals surface area contributed by atoms with E-state index in [-0.39, 0.29) is 5.91 Å². The molecule has 2 aromatic carbocycles. The van der Waals surface area contributed by atoms with Gasteiger partial charge in [0.2, 0.25) is 0 Å². The summed E-state index contributed by atoms with van der Waals surface area (Å²) in [6, 6.07) is 10.9. The zero-order valence-corrected chi connectivity index (χ0v) is 17.9. The van der Waals surface area contributed by atoms with E-state index in [9.17, 15) is 4.79 Å². The Morgan fingerprint density at radius 3 is 2.54 bits per heavy atom. The molecular formula is C20H22N2O4S2. The van der Waals surface area contributed by atoms with Crippen molar-refractivity contribution in [2.24, 2.45) is 4.99 Å². The molecule has 1 amide bonds. The van der Waals surface area contributed by atoms with Crippen LogP contribution < -0.4 is 19.0 Å². The topological polar surface area (TPSA) is 62.1 Å². The summed E-state index contributed by atoms with van der Waals surface area (Å²) in [6.45, 7) is 0.737. The van der Waals surface area contributed by atoms with Crippen LogP contribution in [-0.4, -0.2) is 43.8 Å². The van der Waals surface area contributed by atoms with Crippen LogP contribution in [0, 0.1) is 0 Å². The fourth-order valence-electron chi connectivity index (χ4n) is 2.79. The van der Waals surface area contributed by atoms with Crippen LogP contribution in [-0.2, 0) is 6.54 Å². The van der Waals surface area contributed by atoms with Gasteiger partial charge in [0.25, 0.3) is 5.91 Å². The summed E-state index contributed by atoms with van der Waals surface area (Å²) in [4.78, 5) is 17.8. The third-order valence-electron chi connectivity index (χ3n) is 4.22. The monoisotopic (exact) mass is 418 g/mol. The van der Waals surface area contributed by atoms with Crippen molar-refractivity contribution in [1.29, 1.82) is 0 Å². The van der Waals surface area contributed by atoms with Crippen LogP contribution in [0.15, 0.2) is 41.4 Å². The number of aryl methyl sites for hydroxylation is 1. The fraction of sp³-hybridized carbons (Fsp3) is 0.300. The van der Waals surface area contributed by atoms with Gasteiger partial charge in [0.1, 0.15) is 5.75 Å². The molecule has 0 saturated heterocycles. The first-order valence-electron chi connectivity index (χ1n) is 8.58. The van der Waals surface area contributed by atoms with Crippen molar-refractivity contribution in [2.75, 3.05) is 33.3 Å². The maximum Gasteiger partial charge on any atom is 0.279 e. The van der Waals surface area contributed by atoms with Crippen LogP contribution >= 0.6 is 23.1 Å². The van der Waals surface area contributed by atoms with Gasteiger partial charge >= 0.3 is 0 Å². The van der Waals surface area contributed by atoms with Crippen molar-refractivity contribution in [3.8, 4) is 17.2 Å². The summed E-state index contributed by atoms with van der Waals surface area (Å²) in [5.74, 6) is 2.53. The molecule has 0 spiro atoms. The van der Waals surface area contributed by atoms with E-state index in [2.05, 4.69) is 15.8 Å². The van der Waals surface area contributed by atoms with Gasteiger partial charge in [-0.1, -0.05) is 17.4 Å². The average molecular weight is 419 g/mol. The Hall–Kier alpha value is -2.45. The maximum absolute atomic E-state index is 12.7. The Bertz CT molecular complexity index is 1060. The van der Waals surface area contributed by atoms with Crippen LogP contribution in [0.25, 0.3) is 10.2 Å². The van der Waals surface area contributed by atoms with E-state index in [4.69, 9.17) is 14.2 Å². The lowest BCUT2D eigenvalue weighted by molar-refractivity contribution is 0.0997. The number of thioether (sulfide) groups is 1. The van der Waals surface area contributed by atoms with Crippen LogP contribution in [0.3, 0.4) is 0 Å². The Kier molecular flexibility index (Phi) is 6.64. The summed E-state index contributed by atoms with van der Waals surface area (Å²) in [5.41, 5.74) is 1.46. The second-order valence-electron chi connectivity index (χ2n) is 5.85.